The van der Waals surface area contributed by atoms with E-state index >= 15 is 0 Å². The van der Waals surface area contributed by atoms with Crippen molar-refractivity contribution in [3.63, 3.8) is 0 Å². The van der Waals surface area contributed by atoms with Gasteiger partial charge in [-0.25, -0.2) is 0 Å². The Morgan fingerprint density at radius 2 is 1.88 bits per heavy atom. The Balaban J connectivity index is 1.86. The molecule has 5 nitrogen and oxygen atoms in total. The van der Waals surface area contributed by atoms with E-state index in [4.69, 9.17) is 27.9 Å². The molecular weight excluding hydrogens is 375 g/mol. The Bertz CT molecular complexity index is 968. The summed E-state index contributed by atoms with van der Waals surface area (Å²) in [6.07, 6.45) is -0.00532. The Labute approximate surface area is 160 Å². The standard InChI is InChI=1S/C19H16Cl2N2O3/c1-26-18(24)10-16(11-3-2-4-13(20)7-11)23-19(25)17-8-12-5-6-14(21)9-15(12)22-17/h2-9,16,22H,10H2,1H3,(H,23,25). The number of hydrogen-bond donors (Lipinski definition) is 2. The minimum atomic E-state index is -0.566. The van der Waals surface area contributed by atoms with Crippen LogP contribution in [0.4, 0.5) is 0 Å². The van der Waals surface area contributed by atoms with Gasteiger partial charge < -0.3 is 15.0 Å². The summed E-state index contributed by atoms with van der Waals surface area (Å²) < 4.78 is 4.74. The molecule has 1 aromatic heterocycles. The smallest absolute Gasteiger partial charge is 0.307 e. The maximum Gasteiger partial charge on any atom is 0.307 e. The van der Waals surface area contributed by atoms with E-state index in [1.807, 2.05) is 6.07 Å². The molecule has 0 aliphatic heterocycles. The fourth-order valence-electron chi connectivity index (χ4n) is 2.68. The second-order valence-corrected chi connectivity index (χ2v) is 6.65. The molecule has 0 bridgehead atoms. The van der Waals surface area contributed by atoms with Crippen molar-refractivity contribution in [1.29, 1.82) is 0 Å². The van der Waals surface area contributed by atoms with Gasteiger partial charge in [0.2, 0.25) is 0 Å². The van der Waals surface area contributed by atoms with Crippen LogP contribution in [0.25, 0.3) is 10.9 Å². The van der Waals surface area contributed by atoms with E-state index in [1.54, 1.807) is 42.5 Å². The van der Waals surface area contributed by atoms with Crippen molar-refractivity contribution in [2.45, 2.75) is 12.5 Å². The van der Waals surface area contributed by atoms with Crippen LogP contribution < -0.4 is 5.32 Å². The number of rotatable bonds is 5. The van der Waals surface area contributed by atoms with Crippen molar-refractivity contribution in [2.75, 3.05) is 7.11 Å². The number of esters is 1. The van der Waals surface area contributed by atoms with Gasteiger partial charge in [0.25, 0.3) is 5.91 Å². The molecule has 0 radical (unpaired) electrons. The van der Waals surface area contributed by atoms with Gasteiger partial charge in [-0.15, -0.1) is 0 Å². The first-order chi connectivity index (χ1) is 12.5. The Kier molecular flexibility index (Phi) is 5.49. The monoisotopic (exact) mass is 390 g/mol. The Hall–Kier alpha value is -2.50. The molecule has 0 fully saturated rings. The number of ether oxygens (including phenoxy) is 1. The number of carbonyl (C=O) groups excluding carboxylic acids is 2. The molecule has 1 amide bonds. The lowest BCUT2D eigenvalue weighted by molar-refractivity contribution is -0.141. The van der Waals surface area contributed by atoms with E-state index in [2.05, 4.69) is 10.3 Å². The van der Waals surface area contributed by atoms with Crippen molar-refractivity contribution < 1.29 is 14.3 Å². The van der Waals surface area contributed by atoms with Crippen LogP contribution in [0.1, 0.15) is 28.5 Å². The van der Waals surface area contributed by atoms with E-state index in [-0.39, 0.29) is 12.3 Å². The zero-order chi connectivity index (χ0) is 18.7. The van der Waals surface area contributed by atoms with Gasteiger partial charge in [0.05, 0.1) is 19.6 Å². The fourth-order valence-corrected chi connectivity index (χ4v) is 3.05. The van der Waals surface area contributed by atoms with Gasteiger partial charge in [0.1, 0.15) is 5.69 Å². The van der Waals surface area contributed by atoms with Crippen LogP contribution >= 0.6 is 23.2 Å². The average Bonchev–Trinajstić information content (AvgIpc) is 3.04. The molecule has 0 aliphatic carbocycles. The molecule has 2 N–H and O–H groups in total. The molecule has 1 heterocycles. The minimum absolute atomic E-state index is 0.00532. The van der Waals surface area contributed by atoms with Crippen LogP contribution in [-0.4, -0.2) is 24.0 Å². The first-order valence-corrected chi connectivity index (χ1v) is 8.63. The predicted octanol–water partition coefficient (Wildman–Crippen LogP) is 4.51. The molecule has 0 saturated heterocycles. The lowest BCUT2D eigenvalue weighted by Crippen LogP contribution is -2.30. The molecule has 0 aliphatic rings. The van der Waals surface area contributed by atoms with Gasteiger partial charge in [0.15, 0.2) is 0 Å². The topological polar surface area (TPSA) is 71.2 Å². The Morgan fingerprint density at radius 3 is 2.62 bits per heavy atom. The van der Waals surface area contributed by atoms with Gasteiger partial charge in [-0.3, -0.25) is 9.59 Å². The van der Waals surface area contributed by atoms with Gasteiger partial charge >= 0.3 is 5.97 Å². The molecule has 2 aromatic carbocycles. The summed E-state index contributed by atoms with van der Waals surface area (Å²) in [5.74, 6) is -0.773. The summed E-state index contributed by atoms with van der Waals surface area (Å²) in [4.78, 5) is 27.5. The third kappa shape index (κ3) is 4.18. The van der Waals surface area contributed by atoms with Gasteiger partial charge in [0, 0.05) is 20.9 Å². The number of aromatic nitrogens is 1. The first-order valence-electron chi connectivity index (χ1n) is 7.87. The maximum absolute atomic E-state index is 12.7. The lowest BCUT2D eigenvalue weighted by Gasteiger charge is -2.18. The highest BCUT2D eigenvalue weighted by molar-refractivity contribution is 6.31. The summed E-state index contributed by atoms with van der Waals surface area (Å²) in [6.45, 7) is 0. The van der Waals surface area contributed by atoms with E-state index in [9.17, 15) is 9.59 Å². The molecule has 3 aromatic rings. The van der Waals surface area contributed by atoms with E-state index in [0.717, 1.165) is 16.5 Å². The number of methoxy groups -OCH3 is 1. The normalized spacial score (nSPS) is 12.0. The van der Waals surface area contributed by atoms with Crippen molar-refractivity contribution in [2.24, 2.45) is 0 Å². The molecule has 0 saturated carbocycles. The zero-order valence-electron chi connectivity index (χ0n) is 13.9. The zero-order valence-corrected chi connectivity index (χ0v) is 15.4. The van der Waals surface area contributed by atoms with Crippen molar-refractivity contribution in [3.05, 3.63) is 69.8 Å². The van der Waals surface area contributed by atoms with Crippen LogP contribution in [0, 0.1) is 0 Å². The van der Waals surface area contributed by atoms with Crippen molar-refractivity contribution >= 4 is 46.0 Å². The van der Waals surface area contributed by atoms with Gasteiger partial charge in [-0.05, 0) is 35.9 Å². The second-order valence-electron chi connectivity index (χ2n) is 5.78. The number of amides is 1. The van der Waals surface area contributed by atoms with Crippen LogP contribution in [0.3, 0.4) is 0 Å². The third-order valence-corrected chi connectivity index (χ3v) is 4.45. The van der Waals surface area contributed by atoms with Crippen molar-refractivity contribution in [1.82, 2.24) is 10.3 Å². The number of nitrogens with one attached hydrogen (secondary N) is 2. The fraction of sp³-hybridized carbons (Fsp3) is 0.158. The summed E-state index contributed by atoms with van der Waals surface area (Å²) in [7, 11) is 1.31. The molecule has 0 spiro atoms. The molecule has 3 rings (SSSR count). The minimum Gasteiger partial charge on any atom is -0.469 e. The highest BCUT2D eigenvalue weighted by Gasteiger charge is 2.21. The van der Waals surface area contributed by atoms with Gasteiger partial charge in [-0.1, -0.05) is 41.4 Å². The largest absolute Gasteiger partial charge is 0.469 e. The summed E-state index contributed by atoms with van der Waals surface area (Å²) in [6, 6.07) is 13.5. The second kappa shape index (κ2) is 7.81. The van der Waals surface area contributed by atoms with Crippen LogP contribution in [-0.2, 0) is 9.53 Å². The average molecular weight is 391 g/mol. The number of fused-ring (bicyclic) bond motifs is 1. The van der Waals surface area contributed by atoms with Crippen LogP contribution in [0.2, 0.25) is 10.0 Å². The summed E-state index contributed by atoms with van der Waals surface area (Å²) in [5.41, 5.74) is 1.85. The van der Waals surface area contributed by atoms with Crippen LogP contribution in [0.15, 0.2) is 48.5 Å². The van der Waals surface area contributed by atoms with E-state index in [1.165, 1.54) is 7.11 Å². The summed E-state index contributed by atoms with van der Waals surface area (Å²) >= 11 is 12.0. The quantitative estimate of drug-likeness (QED) is 0.629. The highest BCUT2D eigenvalue weighted by atomic mass is 35.5. The molecule has 1 atom stereocenters. The highest BCUT2D eigenvalue weighted by Crippen LogP contribution is 2.23. The number of halogens is 2. The predicted molar refractivity (Wildman–Crippen MR) is 102 cm³/mol. The number of aromatic amines is 1. The Morgan fingerprint density at radius 1 is 1.12 bits per heavy atom. The molecule has 7 heteroatoms. The number of H-pyrrole nitrogens is 1. The third-order valence-electron chi connectivity index (χ3n) is 3.98. The maximum atomic E-state index is 12.7. The first kappa shape index (κ1) is 18.3. The number of hydrogen-bond acceptors (Lipinski definition) is 3. The molecule has 1 unspecified atom stereocenters. The van der Waals surface area contributed by atoms with Crippen LogP contribution in [0.5, 0.6) is 0 Å². The molecular formula is C19H16Cl2N2O3. The lowest BCUT2D eigenvalue weighted by atomic mass is 10.0. The summed E-state index contributed by atoms with van der Waals surface area (Å²) in [5, 5.41) is 4.82. The number of carbonyl (C=O) groups is 2. The van der Waals surface area contributed by atoms with Crippen molar-refractivity contribution in [3.8, 4) is 0 Å². The van der Waals surface area contributed by atoms with Gasteiger partial charge in [-0.2, -0.15) is 0 Å². The number of benzene rings is 2. The van der Waals surface area contributed by atoms with E-state index in [0.29, 0.717) is 15.7 Å². The molecule has 134 valence electrons. The molecule has 26 heavy (non-hydrogen) atoms. The van der Waals surface area contributed by atoms with E-state index < -0.39 is 12.0 Å². The SMILES string of the molecule is COC(=O)CC(NC(=O)c1cc2ccc(Cl)cc2[nH]1)c1cccc(Cl)c1.